The molecule has 0 fully saturated rings. The van der Waals surface area contributed by atoms with Crippen molar-refractivity contribution >= 4 is 35.1 Å². The van der Waals surface area contributed by atoms with Gasteiger partial charge in [-0.05, 0) is 35.9 Å². The van der Waals surface area contributed by atoms with Gasteiger partial charge in [0.05, 0.1) is 10.7 Å². The third-order valence-electron chi connectivity index (χ3n) is 2.11. The average molecular weight is 268 g/mol. The van der Waals surface area contributed by atoms with E-state index in [1.165, 1.54) is 12.1 Å². The molecule has 0 atom stereocenters. The second kappa shape index (κ2) is 5.30. The van der Waals surface area contributed by atoms with Crippen LogP contribution in [0.15, 0.2) is 47.5 Å². The molecule has 0 unspecified atom stereocenters. The lowest BCUT2D eigenvalue weighted by molar-refractivity contribution is 0.628. The number of aliphatic imine (C=N–C) groups is 1. The maximum atomic E-state index is 12.9. The molecule has 0 saturated carbocycles. The Morgan fingerprint density at radius 3 is 2.59 bits per heavy atom. The average Bonchev–Trinajstić information content (AvgIpc) is 2.31. The molecule has 0 bridgehead atoms. The molecular formula is C13H8Cl2FN. The van der Waals surface area contributed by atoms with E-state index >= 15 is 0 Å². The highest BCUT2D eigenvalue weighted by Gasteiger charge is 1.99. The van der Waals surface area contributed by atoms with Crippen molar-refractivity contribution in [2.45, 2.75) is 0 Å². The molecule has 86 valence electrons. The molecule has 0 heterocycles. The maximum Gasteiger partial charge on any atom is 0.141 e. The summed E-state index contributed by atoms with van der Waals surface area (Å²) in [5.41, 5.74) is 1.47. The zero-order chi connectivity index (χ0) is 12.3. The molecular weight excluding hydrogens is 260 g/mol. The van der Waals surface area contributed by atoms with Gasteiger partial charge in [-0.2, -0.15) is 0 Å². The monoisotopic (exact) mass is 267 g/mol. The van der Waals surface area contributed by atoms with Gasteiger partial charge >= 0.3 is 0 Å². The highest BCUT2D eigenvalue weighted by Crippen LogP contribution is 2.21. The summed E-state index contributed by atoms with van der Waals surface area (Å²) < 4.78 is 12.9. The van der Waals surface area contributed by atoms with E-state index in [-0.39, 0.29) is 5.02 Å². The fourth-order valence-electron chi connectivity index (χ4n) is 1.30. The molecule has 0 aromatic heterocycles. The van der Waals surface area contributed by atoms with Crippen LogP contribution in [0, 0.1) is 5.82 Å². The van der Waals surface area contributed by atoms with Gasteiger partial charge in [-0.15, -0.1) is 0 Å². The molecule has 2 rings (SSSR count). The summed E-state index contributed by atoms with van der Waals surface area (Å²) in [5.74, 6) is -0.451. The van der Waals surface area contributed by atoms with E-state index in [2.05, 4.69) is 4.99 Å². The lowest BCUT2D eigenvalue weighted by atomic mass is 10.2. The molecule has 2 aromatic rings. The van der Waals surface area contributed by atoms with Gasteiger partial charge in [0.2, 0.25) is 0 Å². The summed E-state index contributed by atoms with van der Waals surface area (Å²) in [7, 11) is 0. The molecule has 17 heavy (non-hydrogen) atoms. The summed E-state index contributed by atoms with van der Waals surface area (Å²) >= 11 is 11.5. The minimum absolute atomic E-state index is 0.0609. The third kappa shape index (κ3) is 3.29. The van der Waals surface area contributed by atoms with Gasteiger partial charge in [-0.3, -0.25) is 4.99 Å². The Morgan fingerprint density at radius 1 is 1.06 bits per heavy atom. The molecule has 0 N–H and O–H groups in total. The zero-order valence-corrected chi connectivity index (χ0v) is 10.2. The molecule has 0 aliphatic rings. The first kappa shape index (κ1) is 12.1. The number of benzene rings is 2. The van der Waals surface area contributed by atoms with Crippen LogP contribution in [0.5, 0.6) is 0 Å². The van der Waals surface area contributed by atoms with Gasteiger partial charge in [0, 0.05) is 11.2 Å². The van der Waals surface area contributed by atoms with Crippen molar-refractivity contribution < 1.29 is 4.39 Å². The van der Waals surface area contributed by atoms with E-state index in [0.29, 0.717) is 10.7 Å². The number of hydrogen-bond donors (Lipinski definition) is 0. The molecule has 0 spiro atoms. The van der Waals surface area contributed by atoms with Crippen LogP contribution in [0.1, 0.15) is 5.56 Å². The van der Waals surface area contributed by atoms with E-state index < -0.39 is 5.82 Å². The first-order valence-corrected chi connectivity index (χ1v) is 5.65. The second-order valence-electron chi connectivity index (χ2n) is 3.41. The van der Waals surface area contributed by atoms with E-state index in [1.54, 1.807) is 24.4 Å². The van der Waals surface area contributed by atoms with Gasteiger partial charge in [-0.1, -0.05) is 35.3 Å². The predicted molar refractivity (Wildman–Crippen MR) is 70.1 cm³/mol. The smallest absolute Gasteiger partial charge is 0.141 e. The topological polar surface area (TPSA) is 12.4 Å². The van der Waals surface area contributed by atoms with Crippen molar-refractivity contribution in [3.8, 4) is 0 Å². The first-order valence-electron chi connectivity index (χ1n) is 4.90. The molecule has 0 aliphatic heterocycles. The van der Waals surface area contributed by atoms with Crippen molar-refractivity contribution in [2.24, 2.45) is 4.99 Å². The van der Waals surface area contributed by atoms with Gasteiger partial charge < -0.3 is 0 Å². The summed E-state index contributed by atoms with van der Waals surface area (Å²) in [5, 5.41) is 0.705. The number of nitrogens with zero attached hydrogens (tertiary/aromatic N) is 1. The summed E-state index contributed by atoms with van der Waals surface area (Å²) in [4.78, 5) is 4.18. The minimum Gasteiger partial charge on any atom is -0.256 e. The number of hydrogen-bond acceptors (Lipinski definition) is 1. The van der Waals surface area contributed by atoms with Crippen LogP contribution in [0.25, 0.3) is 0 Å². The molecule has 1 nitrogen and oxygen atoms in total. The lowest BCUT2D eigenvalue weighted by Gasteiger charge is -1.97. The van der Waals surface area contributed by atoms with E-state index in [9.17, 15) is 4.39 Å². The molecule has 4 heteroatoms. The van der Waals surface area contributed by atoms with Crippen LogP contribution < -0.4 is 0 Å². The molecule has 0 saturated heterocycles. The molecule has 0 aliphatic carbocycles. The van der Waals surface area contributed by atoms with Gasteiger partial charge in [0.15, 0.2) is 0 Å². The van der Waals surface area contributed by atoms with Crippen molar-refractivity contribution in [1.82, 2.24) is 0 Å². The van der Waals surface area contributed by atoms with E-state index in [0.717, 1.165) is 5.56 Å². The Labute approximate surface area is 109 Å². The Kier molecular flexibility index (Phi) is 3.77. The summed E-state index contributed by atoms with van der Waals surface area (Å²) in [6, 6.07) is 11.6. The van der Waals surface area contributed by atoms with Crippen LogP contribution >= 0.6 is 23.2 Å². The van der Waals surface area contributed by atoms with Crippen molar-refractivity contribution in [2.75, 3.05) is 0 Å². The van der Waals surface area contributed by atoms with Gasteiger partial charge in [0.25, 0.3) is 0 Å². The largest absolute Gasteiger partial charge is 0.256 e. The Balaban J connectivity index is 2.23. The SMILES string of the molecule is Fc1ccc(N=Cc2cccc(Cl)c2)cc1Cl. The van der Waals surface area contributed by atoms with Gasteiger partial charge in [-0.25, -0.2) is 4.39 Å². The second-order valence-corrected chi connectivity index (χ2v) is 4.26. The molecule has 2 aromatic carbocycles. The standard InChI is InChI=1S/C13H8Cl2FN/c14-10-3-1-2-9(6-10)8-17-11-4-5-13(16)12(15)7-11/h1-8H. The maximum absolute atomic E-state index is 12.9. The van der Waals surface area contributed by atoms with Crippen molar-refractivity contribution in [3.05, 3.63) is 63.9 Å². The Hall–Kier alpha value is -1.38. The van der Waals surface area contributed by atoms with Crippen LogP contribution in [0.4, 0.5) is 10.1 Å². The molecule has 0 radical (unpaired) electrons. The number of rotatable bonds is 2. The fraction of sp³-hybridized carbons (Fsp3) is 0. The van der Waals surface area contributed by atoms with Crippen molar-refractivity contribution in [1.29, 1.82) is 0 Å². The van der Waals surface area contributed by atoms with E-state index in [4.69, 9.17) is 23.2 Å². The predicted octanol–water partition coefficient (Wildman–Crippen LogP) is 4.88. The fourth-order valence-corrected chi connectivity index (χ4v) is 1.67. The van der Waals surface area contributed by atoms with Crippen LogP contribution in [0.3, 0.4) is 0 Å². The lowest BCUT2D eigenvalue weighted by Crippen LogP contribution is -1.80. The quantitative estimate of drug-likeness (QED) is 0.688. The van der Waals surface area contributed by atoms with Crippen molar-refractivity contribution in [3.63, 3.8) is 0 Å². The summed E-state index contributed by atoms with van der Waals surface area (Å²) in [6.45, 7) is 0. The highest BCUT2D eigenvalue weighted by atomic mass is 35.5. The van der Waals surface area contributed by atoms with Crippen LogP contribution in [-0.2, 0) is 0 Å². The zero-order valence-electron chi connectivity index (χ0n) is 8.70. The van der Waals surface area contributed by atoms with Crippen LogP contribution in [0.2, 0.25) is 10.0 Å². The van der Waals surface area contributed by atoms with E-state index in [1.807, 2.05) is 12.1 Å². The summed E-state index contributed by atoms with van der Waals surface area (Å²) in [6.07, 6.45) is 1.65. The first-order chi connectivity index (χ1) is 8.15. The highest BCUT2D eigenvalue weighted by molar-refractivity contribution is 6.31. The minimum atomic E-state index is -0.451. The number of halogens is 3. The normalized spacial score (nSPS) is 11.0. The Morgan fingerprint density at radius 2 is 1.88 bits per heavy atom. The third-order valence-corrected chi connectivity index (χ3v) is 2.64. The van der Waals surface area contributed by atoms with Crippen LogP contribution in [-0.4, -0.2) is 6.21 Å². The molecule has 0 amide bonds. The van der Waals surface area contributed by atoms with Gasteiger partial charge in [0.1, 0.15) is 5.82 Å². The Bertz CT molecular complexity index is 567.